The number of ether oxygens (including phenoxy) is 1. The van der Waals surface area contributed by atoms with Gasteiger partial charge in [-0.2, -0.15) is 0 Å². The van der Waals surface area contributed by atoms with Crippen LogP contribution in [-0.4, -0.2) is 29.7 Å². The molecule has 4 rings (SSSR count). The number of nitrogens with one attached hydrogen (secondary N) is 1. The topological polar surface area (TPSA) is 75.7 Å². The molecule has 0 bridgehead atoms. The predicted octanol–water partition coefficient (Wildman–Crippen LogP) is 4.00. The Morgan fingerprint density at radius 2 is 1.80 bits per heavy atom. The molecular formula is C24H26N2O4. The molecule has 1 aliphatic heterocycles. The van der Waals surface area contributed by atoms with Gasteiger partial charge in [0, 0.05) is 6.42 Å². The van der Waals surface area contributed by atoms with E-state index in [1.54, 1.807) is 30.3 Å². The number of carbonyl (C=O) groups excluding carboxylic acids is 3. The fourth-order valence-electron chi connectivity index (χ4n) is 4.70. The molecule has 1 atom stereocenters. The summed E-state index contributed by atoms with van der Waals surface area (Å²) in [5.74, 6) is -0.402. The minimum atomic E-state index is -1.02. The second kappa shape index (κ2) is 7.94. The highest BCUT2D eigenvalue weighted by molar-refractivity contribution is 6.11. The van der Waals surface area contributed by atoms with Crippen LogP contribution in [0.25, 0.3) is 0 Å². The number of likely N-dealkylation sites (tertiary alicyclic amines) is 1. The summed E-state index contributed by atoms with van der Waals surface area (Å²) >= 11 is 0. The Morgan fingerprint density at radius 3 is 2.47 bits per heavy atom. The lowest BCUT2D eigenvalue weighted by Gasteiger charge is -2.28. The molecule has 1 spiro atoms. The first kappa shape index (κ1) is 20.1. The van der Waals surface area contributed by atoms with E-state index in [9.17, 15) is 14.4 Å². The summed E-state index contributed by atoms with van der Waals surface area (Å²) in [7, 11) is 1.53. The first-order valence-corrected chi connectivity index (χ1v) is 10.3. The minimum absolute atomic E-state index is 0.191. The van der Waals surface area contributed by atoms with Gasteiger partial charge in [0.25, 0.3) is 5.91 Å². The highest BCUT2D eigenvalue weighted by Gasteiger charge is 2.55. The van der Waals surface area contributed by atoms with Crippen LogP contribution in [-0.2, 0) is 14.4 Å². The fraction of sp³-hybridized carbons (Fsp3) is 0.375. The smallest absolute Gasteiger partial charge is 0.252 e. The molecule has 6 nitrogen and oxygen atoms in total. The van der Waals surface area contributed by atoms with Crippen molar-refractivity contribution in [1.29, 1.82) is 0 Å². The third kappa shape index (κ3) is 3.47. The Morgan fingerprint density at radius 1 is 1.10 bits per heavy atom. The van der Waals surface area contributed by atoms with Crippen LogP contribution >= 0.6 is 0 Å². The normalized spacial score (nSPS) is 18.7. The van der Waals surface area contributed by atoms with Crippen molar-refractivity contribution in [3.63, 3.8) is 0 Å². The van der Waals surface area contributed by atoms with E-state index < -0.39 is 17.4 Å². The Hall–Kier alpha value is -3.15. The first-order chi connectivity index (χ1) is 14.4. The van der Waals surface area contributed by atoms with Gasteiger partial charge in [-0.15, -0.1) is 0 Å². The van der Waals surface area contributed by atoms with E-state index in [2.05, 4.69) is 5.32 Å². The molecule has 1 aliphatic carbocycles. The molecule has 2 aromatic rings. The Kier molecular flexibility index (Phi) is 5.33. The lowest BCUT2D eigenvalue weighted by Crippen LogP contribution is -2.42. The maximum atomic E-state index is 13.5. The average molecular weight is 406 g/mol. The number of benzene rings is 2. The number of hydrogen-bond acceptors (Lipinski definition) is 4. The molecule has 1 saturated heterocycles. The number of methoxy groups -OCH3 is 1. The number of hydrogen-bond donors (Lipinski definition) is 1. The molecule has 2 aromatic carbocycles. The summed E-state index contributed by atoms with van der Waals surface area (Å²) < 4.78 is 5.37. The first-order valence-electron chi connectivity index (χ1n) is 10.3. The zero-order chi connectivity index (χ0) is 21.3. The Balaban J connectivity index is 1.71. The van der Waals surface area contributed by atoms with Gasteiger partial charge in [0.1, 0.15) is 11.8 Å². The van der Waals surface area contributed by atoms with Gasteiger partial charge in [-0.1, -0.05) is 49.2 Å². The Labute approximate surface area is 176 Å². The van der Waals surface area contributed by atoms with Crippen LogP contribution in [0.2, 0.25) is 0 Å². The molecule has 30 heavy (non-hydrogen) atoms. The van der Waals surface area contributed by atoms with Gasteiger partial charge in [-0.05, 0) is 43.0 Å². The molecule has 0 unspecified atom stereocenters. The van der Waals surface area contributed by atoms with Gasteiger partial charge in [-0.3, -0.25) is 19.3 Å². The van der Waals surface area contributed by atoms with Gasteiger partial charge < -0.3 is 10.1 Å². The summed E-state index contributed by atoms with van der Waals surface area (Å²) in [6, 6.07) is 13.5. The van der Waals surface area contributed by atoms with Crippen molar-refractivity contribution in [3.8, 4) is 5.75 Å². The molecule has 156 valence electrons. The Bertz CT molecular complexity index is 980. The summed E-state index contributed by atoms with van der Waals surface area (Å²) in [6.45, 7) is 1.92. The van der Waals surface area contributed by atoms with Crippen LogP contribution in [0.5, 0.6) is 5.75 Å². The summed E-state index contributed by atoms with van der Waals surface area (Å²) in [5, 5.41) is 2.89. The van der Waals surface area contributed by atoms with Crippen LogP contribution in [0.4, 0.5) is 5.69 Å². The lowest BCUT2D eigenvalue weighted by atomic mass is 9.84. The molecule has 1 N–H and O–H groups in total. The number of rotatable bonds is 5. The van der Waals surface area contributed by atoms with E-state index in [1.165, 1.54) is 12.0 Å². The second-order valence-corrected chi connectivity index (χ2v) is 8.24. The molecular weight excluding hydrogens is 380 g/mol. The van der Waals surface area contributed by atoms with Gasteiger partial charge in [0.15, 0.2) is 0 Å². The SMILES string of the molecule is COc1ccc(C)cc1NC(=O)[C@H](c1ccccc1)N1C(=O)CC2(CCCC2)C1=O. The maximum absolute atomic E-state index is 13.5. The van der Waals surface area contributed by atoms with Crippen LogP contribution < -0.4 is 10.1 Å². The van der Waals surface area contributed by atoms with E-state index in [4.69, 9.17) is 4.74 Å². The zero-order valence-corrected chi connectivity index (χ0v) is 17.3. The van der Waals surface area contributed by atoms with E-state index in [0.717, 1.165) is 18.4 Å². The van der Waals surface area contributed by atoms with Gasteiger partial charge in [0.05, 0.1) is 18.2 Å². The number of anilines is 1. The van der Waals surface area contributed by atoms with Crippen LogP contribution in [0.3, 0.4) is 0 Å². The molecule has 2 fully saturated rings. The summed E-state index contributed by atoms with van der Waals surface area (Å²) in [5.41, 5.74) is 1.45. The summed E-state index contributed by atoms with van der Waals surface area (Å²) in [6.07, 6.45) is 3.49. The number of carbonyl (C=O) groups is 3. The third-order valence-corrected chi connectivity index (χ3v) is 6.23. The molecule has 1 heterocycles. The monoisotopic (exact) mass is 406 g/mol. The maximum Gasteiger partial charge on any atom is 0.252 e. The highest BCUT2D eigenvalue weighted by atomic mass is 16.5. The zero-order valence-electron chi connectivity index (χ0n) is 17.3. The van der Waals surface area contributed by atoms with E-state index in [0.29, 0.717) is 29.8 Å². The largest absolute Gasteiger partial charge is 0.495 e. The number of aryl methyl sites for hydroxylation is 1. The molecule has 2 aliphatic rings. The van der Waals surface area contributed by atoms with Crippen molar-refractivity contribution in [3.05, 3.63) is 59.7 Å². The minimum Gasteiger partial charge on any atom is -0.495 e. The molecule has 0 radical (unpaired) electrons. The third-order valence-electron chi connectivity index (χ3n) is 6.23. The number of nitrogens with zero attached hydrogens (tertiary/aromatic N) is 1. The highest BCUT2D eigenvalue weighted by Crippen LogP contribution is 2.49. The van der Waals surface area contributed by atoms with Crippen molar-refractivity contribution in [2.45, 2.75) is 45.1 Å². The lowest BCUT2D eigenvalue weighted by molar-refractivity contribution is -0.148. The van der Waals surface area contributed by atoms with Crippen molar-refractivity contribution in [2.75, 3.05) is 12.4 Å². The molecule has 1 saturated carbocycles. The van der Waals surface area contributed by atoms with Crippen molar-refractivity contribution in [2.24, 2.45) is 5.41 Å². The standard InChI is InChI=1S/C24H26N2O4/c1-16-10-11-19(30-2)18(14-16)25-22(28)21(17-8-4-3-5-9-17)26-20(27)15-24(23(26)29)12-6-7-13-24/h3-5,8-11,14,21H,6-7,12-13,15H2,1-2H3,(H,25,28)/t21-/m0/s1. The molecule has 0 aromatic heterocycles. The van der Waals surface area contributed by atoms with Crippen molar-refractivity contribution >= 4 is 23.4 Å². The average Bonchev–Trinajstić information content (AvgIpc) is 3.30. The van der Waals surface area contributed by atoms with E-state index in [-0.39, 0.29) is 18.2 Å². The predicted molar refractivity (Wildman–Crippen MR) is 113 cm³/mol. The van der Waals surface area contributed by atoms with Crippen molar-refractivity contribution in [1.82, 2.24) is 4.90 Å². The van der Waals surface area contributed by atoms with Crippen molar-refractivity contribution < 1.29 is 19.1 Å². The second-order valence-electron chi connectivity index (χ2n) is 8.24. The van der Waals surface area contributed by atoms with Crippen LogP contribution in [0, 0.1) is 12.3 Å². The van der Waals surface area contributed by atoms with Crippen LogP contribution in [0.15, 0.2) is 48.5 Å². The molecule has 3 amide bonds. The van der Waals surface area contributed by atoms with E-state index in [1.807, 2.05) is 25.1 Å². The van der Waals surface area contributed by atoms with Gasteiger partial charge in [-0.25, -0.2) is 0 Å². The quantitative estimate of drug-likeness (QED) is 0.762. The fourth-order valence-corrected chi connectivity index (χ4v) is 4.70. The van der Waals surface area contributed by atoms with E-state index >= 15 is 0 Å². The summed E-state index contributed by atoms with van der Waals surface area (Å²) in [4.78, 5) is 41.0. The molecule has 6 heteroatoms. The number of amides is 3. The van der Waals surface area contributed by atoms with Gasteiger partial charge in [0.2, 0.25) is 11.8 Å². The van der Waals surface area contributed by atoms with Crippen LogP contribution in [0.1, 0.15) is 49.3 Å². The number of imide groups is 1. The van der Waals surface area contributed by atoms with Gasteiger partial charge >= 0.3 is 0 Å².